The maximum absolute atomic E-state index is 12.2. The first-order valence-electron chi connectivity index (χ1n) is 14.2. The van der Waals surface area contributed by atoms with E-state index in [0.29, 0.717) is 6.42 Å². The Morgan fingerprint density at radius 2 is 1.19 bits per heavy atom. The summed E-state index contributed by atoms with van der Waals surface area (Å²) >= 11 is 0. The number of carbonyl (C=O) groups is 1. The van der Waals surface area contributed by atoms with Gasteiger partial charge in [-0.3, -0.25) is 9.35 Å². The molecule has 2 atom stereocenters. The van der Waals surface area contributed by atoms with Crippen molar-refractivity contribution in [1.82, 2.24) is 5.32 Å². The van der Waals surface area contributed by atoms with Crippen LogP contribution in [0.25, 0.3) is 0 Å². The topological polar surface area (TPSA) is 104 Å². The Hall–Kier alpha value is -1.44. The molecule has 210 valence electrons. The summed E-state index contributed by atoms with van der Waals surface area (Å²) in [6, 6.07) is -1.07. The van der Waals surface area contributed by atoms with Crippen LogP contribution in [0, 0.1) is 0 Å². The second-order valence-corrected chi connectivity index (χ2v) is 11.2. The number of aliphatic hydroxyl groups is 1. The fourth-order valence-electron chi connectivity index (χ4n) is 3.89. The summed E-state index contributed by atoms with van der Waals surface area (Å²) in [4.78, 5) is 12.2. The summed E-state index contributed by atoms with van der Waals surface area (Å²) < 4.78 is 32.0. The van der Waals surface area contributed by atoms with Gasteiger partial charge in [-0.15, -0.1) is 0 Å². The molecule has 6 nitrogen and oxygen atoms in total. The Labute approximate surface area is 221 Å². The molecule has 36 heavy (non-hydrogen) atoms. The van der Waals surface area contributed by atoms with Gasteiger partial charge in [0.1, 0.15) is 0 Å². The zero-order valence-corrected chi connectivity index (χ0v) is 23.7. The lowest BCUT2D eigenvalue weighted by atomic mass is 10.1. The molecule has 0 aliphatic heterocycles. The minimum atomic E-state index is -4.34. The van der Waals surface area contributed by atoms with Crippen LogP contribution < -0.4 is 5.32 Å². The van der Waals surface area contributed by atoms with Gasteiger partial charge in [-0.2, -0.15) is 8.42 Å². The van der Waals surface area contributed by atoms with Crippen molar-refractivity contribution in [3.05, 3.63) is 36.5 Å². The predicted molar refractivity (Wildman–Crippen MR) is 152 cm³/mol. The number of unbranched alkanes of at least 4 members (excludes halogenated alkanes) is 12. The summed E-state index contributed by atoms with van der Waals surface area (Å²) in [6.45, 7) is 4.39. The molecule has 0 radical (unpaired) electrons. The number of allylic oxidation sites excluding steroid dienone is 5. The third-order valence-corrected chi connectivity index (χ3v) is 6.83. The molecule has 0 saturated heterocycles. The monoisotopic (exact) mass is 527 g/mol. The van der Waals surface area contributed by atoms with Crippen LogP contribution in [0.2, 0.25) is 0 Å². The van der Waals surface area contributed by atoms with Gasteiger partial charge in [-0.25, -0.2) is 0 Å². The van der Waals surface area contributed by atoms with Crippen molar-refractivity contribution in [3.8, 4) is 0 Å². The van der Waals surface area contributed by atoms with Crippen molar-refractivity contribution >= 4 is 16.0 Å². The average Bonchev–Trinajstić information content (AvgIpc) is 2.82. The Balaban J connectivity index is 4.24. The van der Waals surface area contributed by atoms with Crippen LogP contribution in [-0.4, -0.2) is 41.9 Å². The van der Waals surface area contributed by atoms with Gasteiger partial charge in [0.25, 0.3) is 10.1 Å². The van der Waals surface area contributed by atoms with Crippen LogP contribution in [-0.2, 0) is 14.9 Å². The van der Waals surface area contributed by atoms with Crippen LogP contribution in [0.5, 0.6) is 0 Å². The fraction of sp³-hybridized carbons (Fsp3) is 0.759. The number of aliphatic hydroxyl groups excluding tert-OH is 1. The molecule has 2 unspecified atom stereocenters. The Morgan fingerprint density at radius 1 is 0.722 bits per heavy atom. The molecule has 7 heteroatoms. The van der Waals surface area contributed by atoms with E-state index < -0.39 is 28.0 Å². The fourth-order valence-corrected chi connectivity index (χ4v) is 4.62. The molecular weight excluding hydrogens is 474 g/mol. The van der Waals surface area contributed by atoms with Crippen LogP contribution >= 0.6 is 0 Å². The number of hydrogen-bond donors (Lipinski definition) is 3. The van der Waals surface area contributed by atoms with E-state index in [1.807, 2.05) is 0 Å². The zero-order valence-electron chi connectivity index (χ0n) is 22.9. The van der Waals surface area contributed by atoms with Gasteiger partial charge >= 0.3 is 0 Å². The quantitative estimate of drug-likeness (QED) is 0.0708. The van der Waals surface area contributed by atoms with E-state index in [0.717, 1.165) is 51.4 Å². The van der Waals surface area contributed by atoms with E-state index in [-0.39, 0.29) is 12.3 Å². The van der Waals surface area contributed by atoms with Crippen molar-refractivity contribution in [2.45, 2.75) is 135 Å². The van der Waals surface area contributed by atoms with E-state index >= 15 is 0 Å². The summed E-state index contributed by atoms with van der Waals surface area (Å²) in [5, 5.41) is 13.0. The molecule has 0 spiro atoms. The van der Waals surface area contributed by atoms with Crippen LogP contribution in [0.4, 0.5) is 0 Å². The molecule has 0 bridgehead atoms. The van der Waals surface area contributed by atoms with Crippen LogP contribution in [0.3, 0.4) is 0 Å². The highest BCUT2D eigenvalue weighted by molar-refractivity contribution is 7.85. The van der Waals surface area contributed by atoms with E-state index in [4.69, 9.17) is 0 Å². The van der Waals surface area contributed by atoms with Crippen molar-refractivity contribution in [1.29, 1.82) is 0 Å². The summed E-state index contributed by atoms with van der Waals surface area (Å²) in [5.41, 5.74) is 0. The largest absolute Gasteiger partial charge is 0.387 e. The van der Waals surface area contributed by atoms with E-state index in [1.54, 1.807) is 6.08 Å². The van der Waals surface area contributed by atoms with Gasteiger partial charge in [0.05, 0.1) is 17.9 Å². The molecule has 3 N–H and O–H groups in total. The molecule has 0 saturated carbocycles. The lowest BCUT2D eigenvalue weighted by Crippen LogP contribution is -2.46. The average molecular weight is 528 g/mol. The Morgan fingerprint density at radius 3 is 1.75 bits per heavy atom. The van der Waals surface area contributed by atoms with E-state index in [9.17, 15) is 22.9 Å². The molecule has 0 aromatic rings. The highest BCUT2D eigenvalue weighted by Gasteiger charge is 2.24. The molecule has 0 aromatic carbocycles. The smallest absolute Gasteiger partial charge is 0.267 e. The van der Waals surface area contributed by atoms with Crippen molar-refractivity contribution in [2.24, 2.45) is 0 Å². The highest BCUT2D eigenvalue weighted by atomic mass is 32.2. The van der Waals surface area contributed by atoms with Crippen LogP contribution in [0.15, 0.2) is 36.5 Å². The normalized spacial score (nSPS) is 14.2. The highest BCUT2D eigenvalue weighted by Crippen LogP contribution is 2.09. The lowest BCUT2D eigenvalue weighted by molar-refractivity contribution is -0.122. The first-order chi connectivity index (χ1) is 17.3. The number of nitrogens with one attached hydrogen (secondary N) is 1. The summed E-state index contributed by atoms with van der Waals surface area (Å²) in [6.07, 6.45) is 28.6. The molecule has 0 aliphatic carbocycles. The zero-order chi connectivity index (χ0) is 26.9. The number of hydrogen-bond acceptors (Lipinski definition) is 4. The number of rotatable bonds is 24. The second kappa shape index (κ2) is 23.9. The molecule has 1 amide bonds. The minimum Gasteiger partial charge on any atom is -0.387 e. The predicted octanol–water partition coefficient (Wildman–Crippen LogP) is 7.06. The van der Waals surface area contributed by atoms with E-state index in [1.165, 1.54) is 51.0 Å². The Kier molecular flexibility index (Phi) is 23.0. The molecular formula is C29H53NO5S. The van der Waals surface area contributed by atoms with Crippen LogP contribution in [0.1, 0.15) is 123 Å². The number of amides is 1. The van der Waals surface area contributed by atoms with Gasteiger partial charge in [0, 0.05) is 6.42 Å². The van der Waals surface area contributed by atoms with Crippen molar-refractivity contribution in [3.63, 3.8) is 0 Å². The second-order valence-electron chi connectivity index (χ2n) is 9.66. The van der Waals surface area contributed by atoms with Crippen molar-refractivity contribution in [2.75, 3.05) is 5.75 Å². The van der Waals surface area contributed by atoms with Gasteiger partial charge in [-0.05, 0) is 44.9 Å². The van der Waals surface area contributed by atoms with Gasteiger partial charge in [0.2, 0.25) is 5.91 Å². The van der Waals surface area contributed by atoms with Gasteiger partial charge < -0.3 is 10.4 Å². The number of carbonyl (C=O) groups excluding carboxylic acids is 1. The van der Waals surface area contributed by atoms with Crippen molar-refractivity contribution < 1.29 is 22.9 Å². The lowest BCUT2D eigenvalue weighted by Gasteiger charge is -2.21. The maximum atomic E-state index is 12.2. The molecule has 0 rings (SSSR count). The third kappa shape index (κ3) is 24.3. The summed E-state index contributed by atoms with van der Waals surface area (Å²) in [7, 11) is -4.34. The first-order valence-corrected chi connectivity index (χ1v) is 15.8. The molecule has 0 aliphatic rings. The molecule has 0 heterocycles. The van der Waals surface area contributed by atoms with E-state index in [2.05, 4.69) is 43.5 Å². The maximum Gasteiger partial charge on any atom is 0.267 e. The van der Waals surface area contributed by atoms with Gasteiger partial charge in [-0.1, -0.05) is 108 Å². The molecule has 0 fully saturated rings. The first kappa shape index (κ1) is 34.6. The summed E-state index contributed by atoms with van der Waals surface area (Å²) in [5.74, 6) is -1.02. The molecule has 0 aromatic heterocycles. The standard InChI is InChI=1S/C29H53NO5S/c1-3-5-7-9-11-12-13-14-15-16-17-19-20-22-24-28(31)27(26-36(33,34)35)30-29(32)25-23-21-18-10-8-6-4-2/h12-13,16-17,22,24,27-28,31H,3-11,14-15,18-21,23,25-26H2,1-2H3,(H,30,32)(H,33,34,35)/b13-12+,17-16+,24-22+. The third-order valence-electron chi connectivity index (χ3n) is 6.05. The minimum absolute atomic E-state index is 0.283. The van der Waals surface area contributed by atoms with Gasteiger partial charge in [0.15, 0.2) is 0 Å². The Bertz CT molecular complexity index is 715. The SMILES string of the molecule is CCCCCC/C=C/CC/C=C/CC/C=C/C(O)C(CS(=O)(=O)O)NC(=O)CCCCCCCCC.